The molecule has 0 aliphatic rings. The van der Waals surface area contributed by atoms with Gasteiger partial charge in [-0.25, -0.2) is 4.39 Å². The Morgan fingerprint density at radius 3 is 2.83 bits per heavy atom. The third-order valence-electron chi connectivity index (χ3n) is 2.74. The Morgan fingerprint density at radius 1 is 1.28 bits per heavy atom. The van der Waals surface area contributed by atoms with Gasteiger partial charge in [-0.3, -0.25) is 0 Å². The van der Waals surface area contributed by atoms with Crippen molar-refractivity contribution in [1.29, 1.82) is 0 Å². The molecule has 0 aromatic heterocycles. The number of hydrogen-bond donors (Lipinski definition) is 1. The summed E-state index contributed by atoms with van der Waals surface area (Å²) in [4.78, 5) is 0. The molecule has 0 aliphatic carbocycles. The van der Waals surface area contributed by atoms with Crippen LogP contribution in [0.3, 0.4) is 0 Å². The van der Waals surface area contributed by atoms with Gasteiger partial charge in [-0.2, -0.15) is 0 Å². The Bertz CT molecular complexity index is 570. The van der Waals surface area contributed by atoms with Crippen molar-refractivity contribution in [3.63, 3.8) is 0 Å². The van der Waals surface area contributed by atoms with E-state index in [-0.39, 0.29) is 5.82 Å². The molecule has 0 saturated heterocycles. The molecular weight excluding hydrogens is 364 g/mol. The van der Waals surface area contributed by atoms with Crippen molar-refractivity contribution >= 4 is 39.9 Å². The maximum absolute atomic E-state index is 13.1. The molecule has 0 saturated carbocycles. The first-order valence-electron chi connectivity index (χ1n) is 5.51. The van der Waals surface area contributed by atoms with Gasteiger partial charge in [-0.15, -0.1) is 0 Å². The van der Waals surface area contributed by atoms with Crippen LogP contribution >= 0.6 is 34.2 Å². The van der Waals surface area contributed by atoms with Crippen LogP contribution in [0.25, 0.3) is 0 Å². The smallest absolute Gasteiger partial charge is 0.123 e. The van der Waals surface area contributed by atoms with Crippen molar-refractivity contribution in [1.82, 2.24) is 0 Å². The fraction of sp³-hybridized carbons (Fsp3) is 0.143. The van der Waals surface area contributed by atoms with Crippen molar-refractivity contribution in [2.45, 2.75) is 13.5 Å². The van der Waals surface area contributed by atoms with E-state index in [1.165, 1.54) is 21.3 Å². The summed E-state index contributed by atoms with van der Waals surface area (Å²) in [5.41, 5.74) is 2.99. The van der Waals surface area contributed by atoms with Gasteiger partial charge in [-0.05, 0) is 71.0 Å². The van der Waals surface area contributed by atoms with Crippen LogP contribution in [0, 0.1) is 16.3 Å². The van der Waals surface area contributed by atoms with Gasteiger partial charge in [0, 0.05) is 20.8 Å². The Kier molecular flexibility index (Phi) is 4.45. The molecule has 4 heteroatoms. The molecule has 0 amide bonds. The number of nitrogens with one attached hydrogen (secondary N) is 1. The first-order chi connectivity index (χ1) is 8.58. The van der Waals surface area contributed by atoms with E-state index in [9.17, 15) is 4.39 Å². The van der Waals surface area contributed by atoms with Crippen molar-refractivity contribution < 1.29 is 4.39 Å². The number of benzene rings is 2. The summed E-state index contributed by atoms with van der Waals surface area (Å²) < 4.78 is 14.3. The number of halogens is 3. The first kappa shape index (κ1) is 13.6. The lowest BCUT2D eigenvalue weighted by Gasteiger charge is -2.11. The highest BCUT2D eigenvalue weighted by Gasteiger charge is 2.04. The van der Waals surface area contributed by atoms with Crippen LogP contribution in [-0.2, 0) is 6.54 Å². The van der Waals surface area contributed by atoms with Crippen LogP contribution < -0.4 is 5.32 Å². The molecule has 0 aliphatic heterocycles. The molecule has 0 radical (unpaired) electrons. The zero-order chi connectivity index (χ0) is 13.1. The molecule has 2 aromatic rings. The van der Waals surface area contributed by atoms with Crippen molar-refractivity contribution in [3.05, 3.63) is 61.9 Å². The van der Waals surface area contributed by atoms with Crippen molar-refractivity contribution in [2.75, 3.05) is 5.32 Å². The predicted octanol–water partition coefficient (Wildman–Crippen LogP) is 5.00. The summed E-state index contributed by atoms with van der Waals surface area (Å²) in [6.07, 6.45) is 0. The van der Waals surface area contributed by atoms with E-state index in [1.807, 2.05) is 12.1 Å². The Morgan fingerprint density at radius 2 is 2.06 bits per heavy atom. The number of anilines is 1. The minimum absolute atomic E-state index is 0.268. The fourth-order valence-corrected chi connectivity index (χ4v) is 2.35. The van der Waals surface area contributed by atoms with E-state index >= 15 is 0 Å². The molecule has 0 bridgehead atoms. The third kappa shape index (κ3) is 3.14. The van der Waals surface area contributed by atoms with Crippen LogP contribution in [0.1, 0.15) is 11.1 Å². The maximum Gasteiger partial charge on any atom is 0.123 e. The molecule has 0 spiro atoms. The summed E-state index contributed by atoms with van der Waals surface area (Å²) in [5, 5.41) is 3.86. The predicted molar refractivity (Wildman–Crippen MR) is 82.6 cm³/mol. The second kappa shape index (κ2) is 5.89. The van der Waals surface area contributed by atoms with Crippen LogP contribution in [0.5, 0.6) is 0 Å². The normalized spacial score (nSPS) is 10.4. The minimum atomic E-state index is -0.268. The standard InChI is InChI=1S/C14H12ClFIN/c1-9-13(17)3-2-4-14(9)18-8-10-7-11(16)5-6-12(10)15/h2-7,18H,8H2,1H3. The second-order valence-corrected chi connectivity index (χ2v) is 5.57. The van der Waals surface area contributed by atoms with Crippen LogP contribution in [0.2, 0.25) is 5.02 Å². The molecule has 0 fully saturated rings. The highest BCUT2D eigenvalue weighted by molar-refractivity contribution is 14.1. The monoisotopic (exact) mass is 375 g/mol. The third-order valence-corrected chi connectivity index (χ3v) is 4.28. The molecule has 0 unspecified atom stereocenters. The quantitative estimate of drug-likeness (QED) is 0.744. The van der Waals surface area contributed by atoms with Gasteiger partial charge >= 0.3 is 0 Å². The molecule has 0 heterocycles. The fourth-order valence-electron chi connectivity index (χ4n) is 1.67. The zero-order valence-corrected chi connectivity index (χ0v) is 12.7. The van der Waals surface area contributed by atoms with Gasteiger partial charge in [0.2, 0.25) is 0 Å². The molecule has 1 nitrogen and oxygen atoms in total. The topological polar surface area (TPSA) is 12.0 Å². The molecular formula is C14H12ClFIN. The summed E-state index contributed by atoms with van der Waals surface area (Å²) in [6.45, 7) is 2.56. The zero-order valence-electron chi connectivity index (χ0n) is 9.81. The van der Waals surface area contributed by atoms with Gasteiger partial charge in [-0.1, -0.05) is 17.7 Å². The molecule has 2 aromatic carbocycles. The second-order valence-electron chi connectivity index (χ2n) is 4.00. The average molecular weight is 376 g/mol. The van der Waals surface area contributed by atoms with E-state index < -0.39 is 0 Å². The number of rotatable bonds is 3. The minimum Gasteiger partial charge on any atom is -0.381 e. The van der Waals surface area contributed by atoms with Gasteiger partial charge in [0.15, 0.2) is 0 Å². The molecule has 2 rings (SSSR count). The largest absolute Gasteiger partial charge is 0.381 e. The highest BCUT2D eigenvalue weighted by Crippen LogP contribution is 2.23. The lowest BCUT2D eigenvalue weighted by molar-refractivity contribution is 0.626. The number of hydrogen-bond acceptors (Lipinski definition) is 1. The summed E-state index contributed by atoms with van der Waals surface area (Å²) in [7, 11) is 0. The first-order valence-corrected chi connectivity index (χ1v) is 6.96. The van der Waals surface area contributed by atoms with E-state index in [0.717, 1.165) is 11.3 Å². The van der Waals surface area contributed by atoms with Gasteiger partial charge < -0.3 is 5.32 Å². The molecule has 1 N–H and O–H groups in total. The van der Waals surface area contributed by atoms with E-state index in [0.29, 0.717) is 11.6 Å². The highest BCUT2D eigenvalue weighted by atomic mass is 127. The van der Waals surface area contributed by atoms with Crippen molar-refractivity contribution in [2.24, 2.45) is 0 Å². The SMILES string of the molecule is Cc1c(I)cccc1NCc1cc(F)ccc1Cl. The maximum atomic E-state index is 13.1. The Labute approximate surface area is 124 Å². The summed E-state index contributed by atoms with van der Waals surface area (Å²) in [6, 6.07) is 10.4. The summed E-state index contributed by atoms with van der Waals surface area (Å²) in [5.74, 6) is -0.268. The lowest BCUT2D eigenvalue weighted by Crippen LogP contribution is -2.02. The Hall–Kier alpha value is -0.810. The van der Waals surface area contributed by atoms with Gasteiger partial charge in [0.25, 0.3) is 0 Å². The Balaban J connectivity index is 2.16. The van der Waals surface area contributed by atoms with Crippen LogP contribution in [0.15, 0.2) is 36.4 Å². The average Bonchev–Trinajstić information content (AvgIpc) is 2.35. The van der Waals surface area contributed by atoms with Gasteiger partial charge in [0.1, 0.15) is 5.82 Å². The van der Waals surface area contributed by atoms with E-state index in [4.69, 9.17) is 11.6 Å². The van der Waals surface area contributed by atoms with Crippen LogP contribution in [0.4, 0.5) is 10.1 Å². The van der Waals surface area contributed by atoms with Crippen molar-refractivity contribution in [3.8, 4) is 0 Å². The van der Waals surface area contributed by atoms with Crippen LogP contribution in [-0.4, -0.2) is 0 Å². The molecule has 94 valence electrons. The van der Waals surface area contributed by atoms with E-state index in [2.05, 4.69) is 40.9 Å². The van der Waals surface area contributed by atoms with E-state index in [1.54, 1.807) is 6.07 Å². The summed E-state index contributed by atoms with van der Waals surface area (Å²) >= 11 is 8.32. The molecule has 18 heavy (non-hydrogen) atoms. The van der Waals surface area contributed by atoms with Gasteiger partial charge in [0.05, 0.1) is 0 Å². The molecule has 0 atom stereocenters. The lowest BCUT2D eigenvalue weighted by atomic mass is 10.1.